The lowest BCUT2D eigenvalue weighted by atomic mass is 10.1. The van der Waals surface area contributed by atoms with Crippen molar-refractivity contribution in [3.8, 4) is 0 Å². The van der Waals surface area contributed by atoms with Crippen molar-refractivity contribution in [2.75, 3.05) is 5.32 Å². The minimum atomic E-state index is -0.145. The van der Waals surface area contributed by atoms with E-state index in [0.29, 0.717) is 11.4 Å². The Morgan fingerprint density at radius 2 is 2.11 bits per heavy atom. The van der Waals surface area contributed by atoms with E-state index < -0.39 is 0 Å². The third kappa shape index (κ3) is 1.99. The number of nitrogens with zero attached hydrogens (tertiary/aromatic N) is 2. The van der Waals surface area contributed by atoms with Crippen LogP contribution in [-0.2, 0) is 7.05 Å². The SMILES string of the molecule is Cc1[nH]c2ccccc2c1C(=O)Nc1ccn(C)n1. The summed E-state index contributed by atoms with van der Waals surface area (Å²) >= 11 is 0. The van der Waals surface area contributed by atoms with Gasteiger partial charge in [0.25, 0.3) is 5.91 Å². The lowest BCUT2D eigenvalue weighted by Gasteiger charge is -2.02. The van der Waals surface area contributed by atoms with Gasteiger partial charge in [-0.25, -0.2) is 0 Å². The third-order valence-corrected chi connectivity index (χ3v) is 3.08. The summed E-state index contributed by atoms with van der Waals surface area (Å²) < 4.78 is 1.65. The topological polar surface area (TPSA) is 62.7 Å². The highest BCUT2D eigenvalue weighted by Gasteiger charge is 2.16. The lowest BCUT2D eigenvalue weighted by molar-refractivity contribution is 0.102. The number of aromatic amines is 1. The number of nitrogens with one attached hydrogen (secondary N) is 2. The van der Waals surface area contributed by atoms with Crippen LogP contribution < -0.4 is 5.32 Å². The molecular weight excluding hydrogens is 240 g/mol. The van der Waals surface area contributed by atoms with Crippen molar-refractivity contribution in [3.05, 3.63) is 47.8 Å². The molecule has 0 saturated carbocycles. The molecular formula is C14H14N4O. The van der Waals surface area contributed by atoms with Gasteiger partial charge in [0, 0.05) is 35.9 Å². The van der Waals surface area contributed by atoms with E-state index in [0.717, 1.165) is 16.6 Å². The molecule has 0 unspecified atom stereocenters. The molecule has 3 rings (SSSR count). The van der Waals surface area contributed by atoms with Gasteiger partial charge in [0.2, 0.25) is 0 Å². The molecule has 0 aliphatic rings. The zero-order valence-electron chi connectivity index (χ0n) is 10.8. The second-order valence-corrected chi connectivity index (χ2v) is 4.50. The average Bonchev–Trinajstić information content (AvgIpc) is 2.91. The summed E-state index contributed by atoms with van der Waals surface area (Å²) in [6, 6.07) is 9.53. The van der Waals surface area contributed by atoms with Gasteiger partial charge in [-0.3, -0.25) is 9.48 Å². The Morgan fingerprint density at radius 1 is 1.32 bits per heavy atom. The van der Waals surface area contributed by atoms with Crippen LogP contribution in [0, 0.1) is 6.92 Å². The van der Waals surface area contributed by atoms with Crippen LogP contribution in [0.2, 0.25) is 0 Å². The van der Waals surface area contributed by atoms with Gasteiger partial charge in [-0.1, -0.05) is 18.2 Å². The number of carbonyl (C=O) groups excluding carboxylic acids is 1. The molecule has 0 aliphatic heterocycles. The maximum Gasteiger partial charge on any atom is 0.259 e. The van der Waals surface area contributed by atoms with Crippen LogP contribution in [0.3, 0.4) is 0 Å². The molecule has 1 amide bonds. The van der Waals surface area contributed by atoms with Crippen molar-refractivity contribution in [3.63, 3.8) is 0 Å². The van der Waals surface area contributed by atoms with Gasteiger partial charge < -0.3 is 10.3 Å². The van der Waals surface area contributed by atoms with Crippen molar-refractivity contribution in [2.45, 2.75) is 6.92 Å². The predicted molar refractivity (Wildman–Crippen MR) is 74.2 cm³/mol. The summed E-state index contributed by atoms with van der Waals surface area (Å²) in [5.41, 5.74) is 2.49. The quantitative estimate of drug-likeness (QED) is 0.738. The molecule has 0 fully saturated rings. The van der Waals surface area contributed by atoms with Gasteiger partial charge in [0.05, 0.1) is 5.56 Å². The van der Waals surface area contributed by atoms with Crippen LogP contribution in [0.25, 0.3) is 10.9 Å². The molecule has 1 aromatic carbocycles. The third-order valence-electron chi connectivity index (χ3n) is 3.08. The number of H-pyrrole nitrogens is 1. The predicted octanol–water partition coefficient (Wildman–Crippen LogP) is 2.46. The average molecular weight is 254 g/mol. The summed E-state index contributed by atoms with van der Waals surface area (Å²) in [5, 5.41) is 7.88. The number of aryl methyl sites for hydroxylation is 2. The van der Waals surface area contributed by atoms with E-state index in [4.69, 9.17) is 0 Å². The van der Waals surface area contributed by atoms with Crippen LogP contribution in [0.5, 0.6) is 0 Å². The fourth-order valence-electron chi connectivity index (χ4n) is 2.23. The lowest BCUT2D eigenvalue weighted by Crippen LogP contribution is -2.13. The van der Waals surface area contributed by atoms with Crippen LogP contribution in [-0.4, -0.2) is 20.7 Å². The van der Waals surface area contributed by atoms with E-state index >= 15 is 0 Å². The zero-order chi connectivity index (χ0) is 13.4. The Kier molecular flexibility index (Phi) is 2.59. The second kappa shape index (κ2) is 4.28. The van der Waals surface area contributed by atoms with Crippen LogP contribution in [0.4, 0.5) is 5.82 Å². The molecule has 2 heterocycles. The molecule has 5 heteroatoms. The van der Waals surface area contributed by atoms with Crippen molar-refractivity contribution >= 4 is 22.6 Å². The van der Waals surface area contributed by atoms with Crippen LogP contribution >= 0.6 is 0 Å². The van der Waals surface area contributed by atoms with Crippen molar-refractivity contribution in [1.29, 1.82) is 0 Å². The molecule has 0 bridgehead atoms. The van der Waals surface area contributed by atoms with E-state index in [1.807, 2.05) is 38.2 Å². The smallest absolute Gasteiger partial charge is 0.259 e. The molecule has 5 nitrogen and oxygen atoms in total. The molecule has 96 valence electrons. The van der Waals surface area contributed by atoms with Gasteiger partial charge in [-0.2, -0.15) is 5.10 Å². The fourth-order valence-corrected chi connectivity index (χ4v) is 2.23. The highest BCUT2D eigenvalue weighted by Crippen LogP contribution is 2.22. The van der Waals surface area contributed by atoms with Crippen molar-refractivity contribution in [2.24, 2.45) is 7.05 Å². The summed E-state index contributed by atoms with van der Waals surface area (Å²) in [4.78, 5) is 15.6. The number of hydrogen-bond acceptors (Lipinski definition) is 2. The maximum absolute atomic E-state index is 12.3. The number of hydrogen-bond donors (Lipinski definition) is 2. The van der Waals surface area contributed by atoms with Gasteiger partial charge in [0.15, 0.2) is 5.82 Å². The van der Waals surface area contributed by atoms with Crippen molar-refractivity contribution in [1.82, 2.24) is 14.8 Å². The normalized spacial score (nSPS) is 10.8. The first-order chi connectivity index (χ1) is 9.15. The molecule has 0 atom stereocenters. The summed E-state index contributed by atoms with van der Waals surface area (Å²) in [6.45, 7) is 1.90. The van der Waals surface area contributed by atoms with Crippen molar-refractivity contribution < 1.29 is 4.79 Å². The highest BCUT2D eigenvalue weighted by atomic mass is 16.1. The maximum atomic E-state index is 12.3. The molecule has 0 aliphatic carbocycles. The van der Waals surface area contributed by atoms with E-state index in [2.05, 4.69) is 15.4 Å². The summed E-state index contributed by atoms with van der Waals surface area (Å²) in [7, 11) is 1.81. The first kappa shape index (κ1) is 11.5. The van der Waals surface area contributed by atoms with Crippen LogP contribution in [0.15, 0.2) is 36.5 Å². The Labute approximate surface area is 110 Å². The molecule has 2 aromatic heterocycles. The Balaban J connectivity index is 1.99. The van der Waals surface area contributed by atoms with Crippen LogP contribution in [0.1, 0.15) is 16.1 Å². The van der Waals surface area contributed by atoms with Gasteiger partial charge in [-0.05, 0) is 13.0 Å². The molecule has 0 saturated heterocycles. The number of benzene rings is 1. The van der Waals surface area contributed by atoms with E-state index in [9.17, 15) is 4.79 Å². The first-order valence-corrected chi connectivity index (χ1v) is 6.03. The molecule has 19 heavy (non-hydrogen) atoms. The summed E-state index contributed by atoms with van der Waals surface area (Å²) in [6.07, 6.45) is 1.79. The van der Waals surface area contributed by atoms with Gasteiger partial charge in [0.1, 0.15) is 0 Å². The molecule has 0 radical (unpaired) electrons. The van der Waals surface area contributed by atoms with E-state index in [1.165, 1.54) is 0 Å². The second-order valence-electron chi connectivity index (χ2n) is 4.50. The zero-order valence-corrected chi connectivity index (χ0v) is 10.8. The number of anilines is 1. The minimum Gasteiger partial charge on any atom is -0.358 e. The summed E-state index contributed by atoms with van der Waals surface area (Å²) in [5.74, 6) is 0.408. The highest BCUT2D eigenvalue weighted by molar-refractivity contribution is 6.13. The number of rotatable bonds is 2. The van der Waals surface area contributed by atoms with E-state index in [-0.39, 0.29) is 5.91 Å². The van der Waals surface area contributed by atoms with Gasteiger partial charge in [-0.15, -0.1) is 0 Å². The fraction of sp³-hybridized carbons (Fsp3) is 0.143. The Hall–Kier alpha value is -2.56. The molecule has 2 N–H and O–H groups in total. The monoisotopic (exact) mass is 254 g/mol. The van der Waals surface area contributed by atoms with E-state index in [1.54, 1.807) is 16.9 Å². The number of fused-ring (bicyclic) bond motifs is 1. The largest absolute Gasteiger partial charge is 0.358 e. The number of carbonyl (C=O) groups is 1. The standard InChI is InChI=1S/C14H14N4O/c1-9-13(10-5-3-4-6-11(10)15-9)14(19)16-12-7-8-18(2)17-12/h3-8,15H,1-2H3,(H,16,17,19). The molecule has 3 aromatic rings. The molecule has 0 spiro atoms. The van der Waals surface area contributed by atoms with Gasteiger partial charge >= 0.3 is 0 Å². The number of aromatic nitrogens is 3. The Morgan fingerprint density at radius 3 is 2.84 bits per heavy atom. The number of amides is 1. The minimum absolute atomic E-state index is 0.145. The Bertz CT molecular complexity index is 754. The number of para-hydroxylation sites is 1. The first-order valence-electron chi connectivity index (χ1n) is 6.03.